The molecular weight excluding hydrogens is 310 g/mol. The van der Waals surface area contributed by atoms with Gasteiger partial charge in [0.05, 0.1) is 51.5 Å². The average molecular weight is 347 g/mol. The lowest BCUT2D eigenvalue weighted by Crippen LogP contribution is -3.24. The molecule has 1 aromatic carbocycles. The van der Waals surface area contributed by atoms with Crippen LogP contribution < -0.4 is 14.7 Å². The maximum atomic E-state index is 5.53. The van der Waals surface area contributed by atoms with Gasteiger partial charge in [0.15, 0.2) is 0 Å². The Labute approximate surface area is 152 Å². The molecule has 3 aliphatic heterocycles. The highest BCUT2D eigenvalue weighted by Crippen LogP contribution is 2.03. The minimum Gasteiger partial charge on any atom is -0.370 e. The molecular formula is C21H36N3O+3. The number of likely N-dealkylation sites (tertiary alicyclic amines) is 2. The van der Waals surface area contributed by atoms with Crippen molar-refractivity contribution in [2.24, 2.45) is 0 Å². The van der Waals surface area contributed by atoms with Crippen LogP contribution in [0.5, 0.6) is 0 Å². The summed E-state index contributed by atoms with van der Waals surface area (Å²) in [5.41, 5.74) is 1.50. The first-order chi connectivity index (χ1) is 12.4. The second-order valence-electron chi connectivity index (χ2n) is 8.39. The molecule has 3 aliphatic rings. The van der Waals surface area contributed by atoms with Crippen molar-refractivity contribution in [2.75, 3.05) is 52.5 Å². The van der Waals surface area contributed by atoms with Gasteiger partial charge in [0.2, 0.25) is 0 Å². The summed E-state index contributed by atoms with van der Waals surface area (Å²) in [6.07, 6.45) is 5.71. The van der Waals surface area contributed by atoms with Gasteiger partial charge in [-0.05, 0) is 0 Å². The van der Waals surface area contributed by atoms with Gasteiger partial charge >= 0.3 is 0 Å². The number of hydrogen-bond acceptors (Lipinski definition) is 1. The van der Waals surface area contributed by atoms with Crippen molar-refractivity contribution in [3.8, 4) is 0 Å². The number of piperidine rings is 2. The molecule has 0 amide bonds. The first kappa shape index (κ1) is 17.5. The van der Waals surface area contributed by atoms with Crippen LogP contribution in [0.1, 0.15) is 31.2 Å². The molecule has 4 heteroatoms. The lowest BCUT2D eigenvalue weighted by atomic mass is 9.96. The molecule has 1 aromatic rings. The molecule has 138 valence electrons. The van der Waals surface area contributed by atoms with Gasteiger partial charge in [-0.2, -0.15) is 0 Å². The largest absolute Gasteiger partial charge is 0.370 e. The Morgan fingerprint density at radius 2 is 1.28 bits per heavy atom. The number of nitrogens with one attached hydrogen (secondary N) is 3. The molecule has 4 nitrogen and oxygen atoms in total. The summed E-state index contributed by atoms with van der Waals surface area (Å²) in [7, 11) is 0. The average Bonchev–Trinajstić information content (AvgIpc) is 2.70. The van der Waals surface area contributed by atoms with Crippen molar-refractivity contribution < 1.29 is 19.4 Å². The van der Waals surface area contributed by atoms with Gasteiger partial charge in [0.1, 0.15) is 19.6 Å². The molecule has 3 saturated heterocycles. The molecule has 0 radical (unpaired) electrons. The Hall–Kier alpha value is -0.940. The van der Waals surface area contributed by atoms with E-state index in [1.165, 1.54) is 77.1 Å². The summed E-state index contributed by atoms with van der Waals surface area (Å²) in [5, 5.41) is 0. The minimum atomic E-state index is 0.913. The molecule has 0 bridgehead atoms. The van der Waals surface area contributed by atoms with Gasteiger partial charge in [-0.15, -0.1) is 0 Å². The van der Waals surface area contributed by atoms with Crippen molar-refractivity contribution >= 4 is 0 Å². The van der Waals surface area contributed by atoms with Crippen LogP contribution in [-0.2, 0) is 11.3 Å². The van der Waals surface area contributed by atoms with Gasteiger partial charge in [-0.25, -0.2) is 0 Å². The highest BCUT2D eigenvalue weighted by Gasteiger charge is 2.36. The monoisotopic (exact) mass is 346 g/mol. The quantitative estimate of drug-likeness (QED) is 0.588. The van der Waals surface area contributed by atoms with E-state index in [0.717, 1.165) is 25.3 Å². The van der Waals surface area contributed by atoms with Crippen molar-refractivity contribution in [1.29, 1.82) is 0 Å². The third-order valence-electron chi connectivity index (χ3n) is 6.91. The van der Waals surface area contributed by atoms with Gasteiger partial charge in [0.25, 0.3) is 0 Å². The molecule has 3 heterocycles. The first-order valence-corrected chi connectivity index (χ1v) is 10.5. The van der Waals surface area contributed by atoms with E-state index in [2.05, 4.69) is 30.3 Å². The molecule has 4 rings (SSSR count). The van der Waals surface area contributed by atoms with E-state index in [-0.39, 0.29) is 0 Å². The van der Waals surface area contributed by atoms with Gasteiger partial charge < -0.3 is 19.4 Å². The highest BCUT2D eigenvalue weighted by molar-refractivity contribution is 5.13. The summed E-state index contributed by atoms with van der Waals surface area (Å²) >= 11 is 0. The van der Waals surface area contributed by atoms with Gasteiger partial charge in [-0.3, -0.25) is 0 Å². The number of benzene rings is 1. The SMILES string of the molecule is c1ccc(C[NH+]2CCC([NH+]3CCC([NH+]4CCOCC4)CC3)CC2)cc1. The van der Waals surface area contributed by atoms with Crippen molar-refractivity contribution in [3.05, 3.63) is 35.9 Å². The Kier molecular flexibility index (Phi) is 6.03. The Morgan fingerprint density at radius 3 is 1.92 bits per heavy atom. The standard InChI is InChI=1S/C21H33N3O/c1-2-4-19(5-3-1)18-22-10-6-20(7-11-22)23-12-8-21(9-13-23)24-14-16-25-17-15-24/h1-5,20-21H,6-18H2/p+3. The van der Waals surface area contributed by atoms with Gasteiger partial charge in [0, 0.05) is 31.2 Å². The summed E-state index contributed by atoms with van der Waals surface area (Å²) in [5.74, 6) is 0. The second kappa shape index (κ2) is 8.63. The van der Waals surface area contributed by atoms with Gasteiger partial charge in [-0.1, -0.05) is 30.3 Å². The molecule has 0 spiro atoms. The number of rotatable bonds is 4. The lowest BCUT2D eigenvalue weighted by molar-refractivity contribution is -0.984. The predicted octanol–water partition coefficient (Wildman–Crippen LogP) is -1.80. The third kappa shape index (κ3) is 4.62. The molecule has 3 fully saturated rings. The second-order valence-corrected chi connectivity index (χ2v) is 8.39. The van der Waals surface area contributed by atoms with Crippen molar-refractivity contribution in [2.45, 2.75) is 44.3 Å². The van der Waals surface area contributed by atoms with E-state index in [9.17, 15) is 0 Å². The molecule has 3 N–H and O–H groups in total. The maximum Gasteiger partial charge on any atom is 0.103 e. The first-order valence-electron chi connectivity index (χ1n) is 10.5. The number of quaternary nitrogens is 3. The van der Waals surface area contributed by atoms with E-state index < -0.39 is 0 Å². The number of hydrogen-bond donors (Lipinski definition) is 3. The normalized spacial score (nSPS) is 34.7. The van der Waals surface area contributed by atoms with Crippen LogP contribution in [0.15, 0.2) is 30.3 Å². The number of morpholine rings is 1. The summed E-state index contributed by atoms with van der Waals surface area (Å²) in [4.78, 5) is 5.53. The van der Waals surface area contributed by atoms with Crippen LogP contribution in [0, 0.1) is 0 Å². The molecule has 0 aliphatic carbocycles. The Bertz CT molecular complexity index is 501. The zero-order chi connectivity index (χ0) is 16.9. The van der Waals surface area contributed by atoms with Crippen LogP contribution in [0.2, 0.25) is 0 Å². The molecule has 25 heavy (non-hydrogen) atoms. The Morgan fingerprint density at radius 1 is 0.720 bits per heavy atom. The molecule has 0 atom stereocenters. The smallest absolute Gasteiger partial charge is 0.103 e. The van der Waals surface area contributed by atoms with E-state index in [1.54, 1.807) is 4.90 Å². The van der Waals surface area contributed by atoms with E-state index in [0.29, 0.717) is 0 Å². The van der Waals surface area contributed by atoms with Crippen LogP contribution >= 0.6 is 0 Å². The molecule has 0 saturated carbocycles. The van der Waals surface area contributed by atoms with Crippen LogP contribution in [0.3, 0.4) is 0 Å². The minimum absolute atomic E-state index is 0.913. The zero-order valence-electron chi connectivity index (χ0n) is 15.6. The number of ether oxygens (including phenoxy) is 1. The fourth-order valence-corrected chi connectivity index (χ4v) is 5.34. The fraction of sp³-hybridized carbons (Fsp3) is 0.714. The van der Waals surface area contributed by atoms with Crippen LogP contribution in [0.4, 0.5) is 0 Å². The summed E-state index contributed by atoms with van der Waals surface area (Å²) < 4.78 is 5.53. The fourth-order valence-electron chi connectivity index (χ4n) is 5.34. The van der Waals surface area contributed by atoms with Crippen molar-refractivity contribution in [3.63, 3.8) is 0 Å². The lowest BCUT2D eigenvalue weighted by Gasteiger charge is -2.40. The third-order valence-corrected chi connectivity index (χ3v) is 6.91. The molecule has 0 aromatic heterocycles. The van der Waals surface area contributed by atoms with Crippen LogP contribution in [0.25, 0.3) is 0 Å². The highest BCUT2D eigenvalue weighted by atomic mass is 16.5. The topological polar surface area (TPSA) is 22.6 Å². The predicted molar refractivity (Wildman–Crippen MR) is 99.1 cm³/mol. The van der Waals surface area contributed by atoms with E-state index in [1.807, 2.05) is 9.80 Å². The van der Waals surface area contributed by atoms with Crippen LogP contribution in [-0.4, -0.2) is 64.6 Å². The maximum absolute atomic E-state index is 5.53. The summed E-state index contributed by atoms with van der Waals surface area (Å²) in [6.45, 7) is 11.2. The zero-order valence-corrected chi connectivity index (χ0v) is 15.6. The summed E-state index contributed by atoms with van der Waals surface area (Å²) in [6, 6.07) is 12.9. The van der Waals surface area contributed by atoms with E-state index in [4.69, 9.17) is 4.74 Å². The molecule has 0 unspecified atom stereocenters. The Balaban J connectivity index is 1.20. The van der Waals surface area contributed by atoms with Crippen molar-refractivity contribution in [1.82, 2.24) is 0 Å². The van der Waals surface area contributed by atoms with E-state index >= 15 is 0 Å².